The van der Waals surface area contributed by atoms with Crippen LogP contribution in [0.3, 0.4) is 0 Å². The normalized spacial score (nSPS) is 37.1. The summed E-state index contributed by atoms with van der Waals surface area (Å²) in [5, 5.41) is 28.9. The van der Waals surface area contributed by atoms with Crippen LogP contribution in [0.4, 0.5) is 0 Å². The highest BCUT2D eigenvalue weighted by atomic mass is 16.3. The predicted molar refractivity (Wildman–Crippen MR) is 53.4 cm³/mol. The zero-order valence-corrected chi connectivity index (χ0v) is 8.32. The summed E-state index contributed by atoms with van der Waals surface area (Å²) in [5.41, 5.74) is -0.845. The summed E-state index contributed by atoms with van der Waals surface area (Å²) in [6.45, 7) is 5.31. The second kappa shape index (κ2) is 4.14. The smallest absolute Gasteiger partial charge is 0.153 e. The molecule has 1 aliphatic carbocycles. The van der Waals surface area contributed by atoms with Crippen LogP contribution in [0.1, 0.15) is 26.2 Å². The average Bonchev–Trinajstić information content (AvgIpc) is 2.09. The molecule has 3 heteroatoms. The van der Waals surface area contributed by atoms with Gasteiger partial charge in [0.05, 0.1) is 12.2 Å². The fourth-order valence-corrected chi connectivity index (χ4v) is 1.54. The van der Waals surface area contributed by atoms with E-state index in [4.69, 9.17) is 0 Å². The zero-order chi connectivity index (χ0) is 10.8. The van der Waals surface area contributed by atoms with E-state index in [0.29, 0.717) is 18.4 Å². The van der Waals surface area contributed by atoms with Crippen LogP contribution in [-0.4, -0.2) is 33.1 Å². The van der Waals surface area contributed by atoms with Gasteiger partial charge in [0.2, 0.25) is 0 Å². The lowest BCUT2D eigenvalue weighted by Gasteiger charge is -2.35. The van der Waals surface area contributed by atoms with Gasteiger partial charge in [-0.05, 0) is 25.3 Å². The van der Waals surface area contributed by atoms with Gasteiger partial charge in [0, 0.05) is 6.42 Å². The van der Waals surface area contributed by atoms with Gasteiger partial charge in [0.25, 0.3) is 0 Å². The highest BCUT2D eigenvalue weighted by Crippen LogP contribution is 2.28. The molecule has 0 bridgehead atoms. The molecule has 0 aliphatic heterocycles. The molecule has 1 rings (SSSR count). The van der Waals surface area contributed by atoms with Crippen LogP contribution in [0.5, 0.6) is 0 Å². The van der Waals surface area contributed by atoms with Gasteiger partial charge in [-0.2, -0.15) is 0 Å². The van der Waals surface area contributed by atoms with Gasteiger partial charge in [0.1, 0.15) is 0 Å². The molecule has 3 unspecified atom stereocenters. The summed E-state index contributed by atoms with van der Waals surface area (Å²) in [4.78, 5) is 0. The number of aliphatic hydroxyl groups excluding tert-OH is 2. The Balaban J connectivity index is 2.80. The lowest BCUT2D eigenvalue weighted by Crippen LogP contribution is -2.47. The molecule has 0 radical (unpaired) electrons. The number of hydrogen-bond donors (Lipinski definition) is 3. The number of rotatable bonds is 0. The number of allylic oxidation sites excluding steroid dienone is 1. The van der Waals surface area contributed by atoms with Crippen LogP contribution in [0, 0.1) is 11.8 Å². The van der Waals surface area contributed by atoms with Gasteiger partial charge in [0.15, 0.2) is 5.60 Å². The maximum absolute atomic E-state index is 9.93. The van der Waals surface area contributed by atoms with Gasteiger partial charge in [-0.3, -0.25) is 0 Å². The minimum absolute atomic E-state index is 0.106. The van der Waals surface area contributed by atoms with Crippen molar-refractivity contribution in [1.29, 1.82) is 0 Å². The molecule has 14 heavy (non-hydrogen) atoms. The third kappa shape index (κ3) is 2.58. The van der Waals surface area contributed by atoms with E-state index in [-0.39, 0.29) is 6.42 Å². The van der Waals surface area contributed by atoms with Crippen LogP contribution in [-0.2, 0) is 0 Å². The molecule has 1 fully saturated rings. The van der Waals surface area contributed by atoms with E-state index < -0.39 is 17.8 Å². The van der Waals surface area contributed by atoms with Crippen molar-refractivity contribution < 1.29 is 15.3 Å². The van der Waals surface area contributed by atoms with Crippen LogP contribution < -0.4 is 0 Å². The van der Waals surface area contributed by atoms with Gasteiger partial charge in [-0.15, -0.1) is 0 Å². The third-order valence-corrected chi connectivity index (χ3v) is 2.36. The Labute approximate surface area is 84.1 Å². The van der Waals surface area contributed by atoms with Crippen molar-refractivity contribution in [2.24, 2.45) is 0 Å². The van der Waals surface area contributed by atoms with Crippen LogP contribution >= 0.6 is 0 Å². The molecule has 3 atom stereocenters. The molecule has 0 saturated heterocycles. The molecule has 3 nitrogen and oxygen atoms in total. The topological polar surface area (TPSA) is 60.7 Å². The Kier molecular flexibility index (Phi) is 3.33. The van der Waals surface area contributed by atoms with Gasteiger partial charge in [-0.25, -0.2) is 0 Å². The predicted octanol–water partition coefficient (Wildman–Crippen LogP) is 0.203. The van der Waals surface area contributed by atoms with Gasteiger partial charge in [-0.1, -0.05) is 18.4 Å². The first kappa shape index (κ1) is 11.3. The second-order valence-electron chi connectivity index (χ2n) is 3.91. The fourth-order valence-electron chi connectivity index (χ4n) is 1.54. The molecule has 0 aromatic heterocycles. The van der Waals surface area contributed by atoms with Crippen molar-refractivity contribution in [1.82, 2.24) is 0 Å². The Bertz CT molecular complexity index is 287. The molecule has 0 heterocycles. The van der Waals surface area contributed by atoms with Crippen molar-refractivity contribution >= 4 is 0 Å². The van der Waals surface area contributed by atoms with Crippen molar-refractivity contribution in [3.63, 3.8) is 0 Å². The fraction of sp³-hybridized carbons (Fsp3) is 0.636. The molecule has 3 N–H and O–H groups in total. The van der Waals surface area contributed by atoms with Gasteiger partial charge < -0.3 is 15.3 Å². The molecule has 0 amide bonds. The first-order valence-electron chi connectivity index (χ1n) is 4.71. The first-order valence-corrected chi connectivity index (χ1v) is 4.71. The summed E-state index contributed by atoms with van der Waals surface area (Å²) in [6, 6.07) is 0. The van der Waals surface area contributed by atoms with Gasteiger partial charge >= 0.3 is 0 Å². The Morgan fingerprint density at radius 2 is 2.07 bits per heavy atom. The summed E-state index contributed by atoms with van der Waals surface area (Å²) >= 11 is 0. The monoisotopic (exact) mass is 196 g/mol. The van der Waals surface area contributed by atoms with E-state index in [2.05, 4.69) is 18.4 Å². The number of hydrogen-bond acceptors (Lipinski definition) is 3. The molecule has 0 aromatic rings. The summed E-state index contributed by atoms with van der Waals surface area (Å²) < 4.78 is 0. The third-order valence-electron chi connectivity index (χ3n) is 2.36. The van der Waals surface area contributed by atoms with E-state index >= 15 is 0 Å². The zero-order valence-electron chi connectivity index (χ0n) is 8.32. The summed E-state index contributed by atoms with van der Waals surface area (Å²) in [5.74, 6) is 5.21. The minimum Gasteiger partial charge on any atom is -0.393 e. The van der Waals surface area contributed by atoms with Crippen LogP contribution in [0.25, 0.3) is 0 Å². The Morgan fingerprint density at radius 3 is 2.64 bits per heavy atom. The number of aliphatic hydroxyl groups is 3. The lowest BCUT2D eigenvalue weighted by atomic mass is 9.81. The molecule has 1 saturated carbocycles. The minimum atomic E-state index is -1.48. The van der Waals surface area contributed by atoms with Crippen molar-refractivity contribution in [3.8, 4) is 11.8 Å². The molecule has 0 aromatic carbocycles. The van der Waals surface area contributed by atoms with E-state index in [1.165, 1.54) is 0 Å². The average molecular weight is 196 g/mol. The highest BCUT2D eigenvalue weighted by Gasteiger charge is 2.39. The standard InChI is InChI=1S/C11H16O3/c1-8(2)5-6-11(14)7-9(12)3-4-10(11)13/h9-10,12-14H,1,3-4,7H2,2H3. The largest absolute Gasteiger partial charge is 0.393 e. The highest BCUT2D eigenvalue weighted by molar-refractivity contribution is 5.29. The Morgan fingerprint density at radius 1 is 1.43 bits per heavy atom. The van der Waals surface area contributed by atoms with Crippen molar-refractivity contribution in [2.75, 3.05) is 0 Å². The second-order valence-corrected chi connectivity index (χ2v) is 3.91. The molecule has 1 aliphatic rings. The summed E-state index contributed by atoms with van der Waals surface area (Å²) in [6.07, 6.45) is -0.463. The maximum Gasteiger partial charge on any atom is 0.153 e. The summed E-state index contributed by atoms with van der Waals surface area (Å²) in [7, 11) is 0. The maximum atomic E-state index is 9.93. The van der Waals surface area contributed by atoms with Crippen LogP contribution in [0.2, 0.25) is 0 Å². The Hall–Kier alpha value is -0.820. The van der Waals surface area contributed by atoms with E-state index in [1.807, 2.05) is 0 Å². The van der Waals surface area contributed by atoms with Crippen LogP contribution in [0.15, 0.2) is 12.2 Å². The quantitative estimate of drug-likeness (QED) is 0.485. The van der Waals surface area contributed by atoms with E-state index in [1.54, 1.807) is 6.92 Å². The van der Waals surface area contributed by atoms with E-state index in [0.717, 1.165) is 0 Å². The molecule has 0 spiro atoms. The molecule has 78 valence electrons. The SMILES string of the molecule is C=C(C)C#CC1(O)CC(O)CCC1O. The molecular weight excluding hydrogens is 180 g/mol. The first-order chi connectivity index (χ1) is 6.44. The van der Waals surface area contributed by atoms with Crippen molar-refractivity contribution in [2.45, 2.75) is 44.0 Å². The molecular formula is C11H16O3. The lowest BCUT2D eigenvalue weighted by molar-refractivity contribution is -0.0922. The van der Waals surface area contributed by atoms with Crippen molar-refractivity contribution in [3.05, 3.63) is 12.2 Å². The van der Waals surface area contributed by atoms with E-state index in [9.17, 15) is 15.3 Å².